The van der Waals surface area contributed by atoms with Crippen molar-refractivity contribution in [2.45, 2.75) is 19.9 Å². The van der Waals surface area contributed by atoms with Gasteiger partial charge in [-0.25, -0.2) is 9.07 Å². The van der Waals surface area contributed by atoms with Gasteiger partial charge < -0.3 is 5.73 Å². The zero-order valence-electron chi connectivity index (χ0n) is 10.5. The van der Waals surface area contributed by atoms with Gasteiger partial charge in [-0.1, -0.05) is 15.9 Å². The molecule has 2 rings (SSSR count). The summed E-state index contributed by atoms with van der Waals surface area (Å²) in [6.45, 7) is 3.79. The molecule has 0 bridgehead atoms. The number of benzene rings is 1. The Kier molecular flexibility index (Phi) is 3.58. The second-order valence-electron chi connectivity index (χ2n) is 4.38. The summed E-state index contributed by atoms with van der Waals surface area (Å²) < 4.78 is 16.1. The molecule has 0 aliphatic rings. The van der Waals surface area contributed by atoms with Crippen molar-refractivity contribution >= 4 is 21.7 Å². The quantitative estimate of drug-likeness (QED) is 0.920. The smallest absolute Gasteiger partial charge is 0.140 e. The van der Waals surface area contributed by atoms with Gasteiger partial charge in [0.25, 0.3) is 0 Å². The number of nitrogens with two attached hydrogens (primary N) is 1. The van der Waals surface area contributed by atoms with Crippen molar-refractivity contribution in [3.63, 3.8) is 0 Å². The highest BCUT2D eigenvalue weighted by Crippen LogP contribution is 2.31. The first-order valence-corrected chi connectivity index (χ1v) is 6.48. The maximum Gasteiger partial charge on any atom is 0.140 e. The summed E-state index contributed by atoms with van der Waals surface area (Å²) in [5, 5.41) is 13.4. The third-order valence-corrected chi connectivity index (χ3v) is 3.23. The normalized spacial score (nSPS) is 10.7. The molecule has 1 aromatic heterocycles. The number of hydrogen-bond donors (Lipinski definition) is 1. The molecule has 6 heteroatoms. The van der Waals surface area contributed by atoms with Crippen LogP contribution in [0.1, 0.15) is 25.5 Å². The first-order valence-electron chi connectivity index (χ1n) is 5.69. The van der Waals surface area contributed by atoms with Crippen LogP contribution < -0.4 is 5.73 Å². The van der Waals surface area contributed by atoms with Crippen molar-refractivity contribution in [3.8, 4) is 17.3 Å². The molecule has 1 aromatic carbocycles. The lowest BCUT2D eigenvalue weighted by Crippen LogP contribution is -2.07. The minimum atomic E-state index is -0.445. The van der Waals surface area contributed by atoms with E-state index in [2.05, 4.69) is 21.0 Å². The second-order valence-corrected chi connectivity index (χ2v) is 5.30. The Morgan fingerprint density at radius 1 is 1.47 bits per heavy atom. The average Bonchev–Trinajstić information content (AvgIpc) is 2.66. The minimum Gasteiger partial charge on any atom is -0.383 e. The van der Waals surface area contributed by atoms with E-state index in [-0.39, 0.29) is 28.7 Å². The van der Waals surface area contributed by atoms with Crippen molar-refractivity contribution in [2.24, 2.45) is 0 Å². The Morgan fingerprint density at radius 3 is 2.68 bits per heavy atom. The van der Waals surface area contributed by atoms with E-state index in [0.29, 0.717) is 4.47 Å². The monoisotopic (exact) mass is 322 g/mol. The Morgan fingerprint density at radius 2 is 2.16 bits per heavy atom. The molecule has 0 fully saturated rings. The van der Waals surface area contributed by atoms with Crippen LogP contribution in [0, 0.1) is 17.1 Å². The molecule has 1 heterocycles. The molecule has 19 heavy (non-hydrogen) atoms. The van der Waals surface area contributed by atoms with E-state index in [4.69, 9.17) is 5.73 Å². The molecule has 0 aliphatic heterocycles. The van der Waals surface area contributed by atoms with Gasteiger partial charge in [0.1, 0.15) is 29.0 Å². The summed E-state index contributed by atoms with van der Waals surface area (Å²) in [7, 11) is 0. The Bertz CT molecular complexity index is 670. The van der Waals surface area contributed by atoms with Gasteiger partial charge in [-0.2, -0.15) is 10.4 Å². The molecular formula is C13H12BrFN4. The van der Waals surface area contributed by atoms with Gasteiger partial charge in [0.05, 0.1) is 0 Å². The van der Waals surface area contributed by atoms with Gasteiger partial charge in [0.15, 0.2) is 0 Å². The lowest BCUT2D eigenvalue weighted by Gasteiger charge is -2.06. The number of nitrogens with zero attached hydrogens (tertiary/aromatic N) is 3. The standard InChI is InChI=1S/C13H12BrFN4/c1-7(2)19-13(17)10(6-16)12(18-19)9-4-3-8(14)5-11(9)15/h3-5,7H,17H2,1-2H3. The summed E-state index contributed by atoms with van der Waals surface area (Å²) in [6.07, 6.45) is 0. The molecule has 0 saturated heterocycles. The van der Waals surface area contributed by atoms with E-state index >= 15 is 0 Å². The van der Waals surface area contributed by atoms with E-state index in [1.165, 1.54) is 10.7 Å². The molecule has 0 amide bonds. The number of nitrogen functional groups attached to an aromatic ring is 1. The van der Waals surface area contributed by atoms with Crippen LogP contribution in [-0.2, 0) is 0 Å². The van der Waals surface area contributed by atoms with Crippen molar-refractivity contribution in [1.82, 2.24) is 9.78 Å². The van der Waals surface area contributed by atoms with Crippen LogP contribution in [0.5, 0.6) is 0 Å². The van der Waals surface area contributed by atoms with Crippen molar-refractivity contribution in [1.29, 1.82) is 5.26 Å². The number of rotatable bonds is 2. The molecule has 0 atom stereocenters. The van der Waals surface area contributed by atoms with E-state index < -0.39 is 5.82 Å². The first-order chi connectivity index (χ1) is 8.95. The molecule has 0 spiro atoms. The van der Waals surface area contributed by atoms with Crippen LogP contribution in [0.3, 0.4) is 0 Å². The van der Waals surface area contributed by atoms with Gasteiger partial charge >= 0.3 is 0 Å². The van der Waals surface area contributed by atoms with Crippen LogP contribution in [0.4, 0.5) is 10.2 Å². The Balaban J connectivity index is 2.69. The van der Waals surface area contributed by atoms with Crippen molar-refractivity contribution in [2.75, 3.05) is 5.73 Å². The average molecular weight is 323 g/mol. The van der Waals surface area contributed by atoms with Gasteiger partial charge in [-0.15, -0.1) is 0 Å². The summed E-state index contributed by atoms with van der Waals surface area (Å²) in [5.41, 5.74) is 6.63. The van der Waals surface area contributed by atoms with E-state index in [0.717, 1.165) is 0 Å². The Hall–Kier alpha value is -1.87. The first kappa shape index (κ1) is 13.6. The molecule has 98 valence electrons. The third kappa shape index (κ3) is 2.34. The number of halogens is 2. The Labute approximate surface area is 118 Å². The highest BCUT2D eigenvalue weighted by molar-refractivity contribution is 9.10. The zero-order valence-corrected chi connectivity index (χ0v) is 12.1. The van der Waals surface area contributed by atoms with Crippen LogP contribution in [0.25, 0.3) is 11.3 Å². The van der Waals surface area contributed by atoms with Crippen molar-refractivity contribution in [3.05, 3.63) is 34.1 Å². The third-order valence-electron chi connectivity index (χ3n) is 2.73. The molecule has 0 radical (unpaired) electrons. The van der Waals surface area contributed by atoms with Crippen molar-refractivity contribution < 1.29 is 4.39 Å². The predicted molar refractivity (Wildman–Crippen MR) is 74.8 cm³/mol. The minimum absolute atomic E-state index is 0.000593. The molecule has 0 unspecified atom stereocenters. The van der Waals surface area contributed by atoms with Crippen LogP contribution >= 0.6 is 15.9 Å². The zero-order chi connectivity index (χ0) is 14.2. The summed E-state index contributed by atoms with van der Waals surface area (Å²) >= 11 is 3.19. The highest BCUT2D eigenvalue weighted by atomic mass is 79.9. The van der Waals surface area contributed by atoms with Gasteiger partial charge in [-0.05, 0) is 32.0 Å². The van der Waals surface area contributed by atoms with E-state index in [1.54, 1.807) is 12.1 Å². The number of hydrogen-bond acceptors (Lipinski definition) is 3. The van der Waals surface area contributed by atoms with E-state index in [1.807, 2.05) is 19.9 Å². The topological polar surface area (TPSA) is 67.6 Å². The lowest BCUT2D eigenvalue weighted by molar-refractivity contribution is 0.541. The van der Waals surface area contributed by atoms with Gasteiger partial charge in [0.2, 0.25) is 0 Å². The van der Waals surface area contributed by atoms with E-state index in [9.17, 15) is 9.65 Å². The second kappa shape index (κ2) is 5.02. The molecule has 2 aromatic rings. The fourth-order valence-corrected chi connectivity index (χ4v) is 2.15. The van der Waals surface area contributed by atoms with Crippen LogP contribution in [0.2, 0.25) is 0 Å². The lowest BCUT2D eigenvalue weighted by atomic mass is 10.1. The number of anilines is 1. The summed E-state index contributed by atoms with van der Waals surface area (Å²) in [6, 6.07) is 6.60. The number of aromatic nitrogens is 2. The molecule has 0 saturated carbocycles. The van der Waals surface area contributed by atoms with Gasteiger partial charge in [0, 0.05) is 16.1 Å². The number of nitriles is 1. The molecule has 0 aliphatic carbocycles. The maximum absolute atomic E-state index is 14.0. The maximum atomic E-state index is 14.0. The SMILES string of the molecule is CC(C)n1nc(-c2ccc(Br)cc2F)c(C#N)c1N. The highest BCUT2D eigenvalue weighted by Gasteiger charge is 2.20. The summed E-state index contributed by atoms with van der Waals surface area (Å²) in [4.78, 5) is 0. The largest absolute Gasteiger partial charge is 0.383 e. The summed E-state index contributed by atoms with van der Waals surface area (Å²) in [5.74, 6) is -0.186. The molecule has 2 N–H and O–H groups in total. The molecular weight excluding hydrogens is 311 g/mol. The van der Waals surface area contributed by atoms with Gasteiger partial charge in [-0.3, -0.25) is 0 Å². The fraction of sp³-hybridized carbons (Fsp3) is 0.231. The van der Waals surface area contributed by atoms with Crippen LogP contribution in [0.15, 0.2) is 22.7 Å². The predicted octanol–water partition coefficient (Wildman–Crippen LogP) is 3.49. The fourth-order valence-electron chi connectivity index (χ4n) is 1.82. The molecule has 4 nitrogen and oxygen atoms in total. The van der Waals surface area contributed by atoms with Crippen LogP contribution in [-0.4, -0.2) is 9.78 Å².